The quantitative estimate of drug-likeness (QED) is 0.320. The number of aliphatic imine (C=N–C) groups is 1. The Morgan fingerprint density at radius 2 is 1.90 bits per heavy atom. The van der Waals surface area contributed by atoms with Crippen LogP contribution in [-0.4, -0.2) is 81.2 Å². The number of anilines is 1. The molecule has 1 saturated heterocycles. The summed E-state index contributed by atoms with van der Waals surface area (Å²) in [5.41, 5.74) is 1.19. The predicted molar refractivity (Wildman–Crippen MR) is 139 cm³/mol. The van der Waals surface area contributed by atoms with Gasteiger partial charge in [0.05, 0.1) is 6.54 Å². The average molecular weight is 559 g/mol. The summed E-state index contributed by atoms with van der Waals surface area (Å²) in [7, 11) is 5.96. The Hall–Kier alpha value is -1.78. The van der Waals surface area contributed by atoms with Gasteiger partial charge in [0.1, 0.15) is 18.2 Å². The molecular formula is C22H32ClIN6O. The van der Waals surface area contributed by atoms with Crippen molar-refractivity contribution in [3.63, 3.8) is 0 Å². The fourth-order valence-electron chi connectivity index (χ4n) is 3.28. The molecule has 0 atom stereocenters. The second kappa shape index (κ2) is 12.9. The number of benzene rings is 1. The summed E-state index contributed by atoms with van der Waals surface area (Å²) in [6.07, 6.45) is 1.89. The van der Waals surface area contributed by atoms with E-state index in [2.05, 4.69) is 43.1 Å². The minimum Gasteiger partial charge on any atom is -0.492 e. The highest BCUT2D eigenvalue weighted by atomic mass is 127. The lowest BCUT2D eigenvalue weighted by molar-refractivity contribution is 0.281. The fourth-order valence-corrected chi connectivity index (χ4v) is 3.41. The van der Waals surface area contributed by atoms with E-state index in [4.69, 9.17) is 16.3 Å². The molecule has 9 heteroatoms. The van der Waals surface area contributed by atoms with Crippen molar-refractivity contribution in [1.29, 1.82) is 0 Å². The maximum atomic E-state index is 5.91. The number of likely N-dealkylation sites (N-methyl/N-ethyl adjacent to an activating group) is 2. The lowest BCUT2D eigenvalue weighted by Gasteiger charge is -2.33. The SMILES string of the molecule is CN=C(NCc1ccnc(N2CCN(C)CC2)c1)N(C)CCOc1ccc(Cl)cc1.I. The van der Waals surface area contributed by atoms with Gasteiger partial charge in [0, 0.05) is 58.0 Å². The van der Waals surface area contributed by atoms with Gasteiger partial charge in [-0.25, -0.2) is 4.98 Å². The lowest BCUT2D eigenvalue weighted by atomic mass is 10.2. The molecule has 2 heterocycles. The van der Waals surface area contributed by atoms with Crippen molar-refractivity contribution in [1.82, 2.24) is 20.1 Å². The molecule has 2 aromatic rings. The summed E-state index contributed by atoms with van der Waals surface area (Å²) in [5.74, 6) is 2.68. The van der Waals surface area contributed by atoms with Crippen molar-refractivity contribution in [2.45, 2.75) is 6.54 Å². The predicted octanol–water partition coefficient (Wildman–Crippen LogP) is 3.19. The molecule has 0 unspecified atom stereocenters. The summed E-state index contributed by atoms with van der Waals surface area (Å²) >= 11 is 5.91. The van der Waals surface area contributed by atoms with Crippen molar-refractivity contribution in [3.8, 4) is 5.75 Å². The monoisotopic (exact) mass is 558 g/mol. The minimum atomic E-state index is 0. The number of ether oxygens (including phenoxy) is 1. The van der Waals surface area contributed by atoms with E-state index in [9.17, 15) is 0 Å². The first kappa shape index (κ1) is 25.5. The Bertz CT molecular complexity index is 827. The molecule has 0 aliphatic carbocycles. The summed E-state index contributed by atoms with van der Waals surface area (Å²) in [6.45, 7) is 6.13. The van der Waals surface area contributed by atoms with Crippen LogP contribution in [0.2, 0.25) is 5.02 Å². The molecule has 1 N–H and O–H groups in total. The number of hydrogen-bond acceptors (Lipinski definition) is 5. The van der Waals surface area contributed by atoms with Crippen LogP contribution in [0, 0.1) is 0 Å². The smallest absolute Gasteiger partial charge is 0.193 e. The molecule has 1 aliphatic heterocycles. The molecule has 1 aliphatic rings. The van der Waals surface area contributed by atoms with Crippen LogP contribution in [-0.2, 0) is 6.54 Å². The molecule has 0 spiro atoms. The normalized spacial score (nSPS) is 14.7. The number of guanidine groups is 1. The van der Waals surface area contributed by atoms with Crippen molar-refractivity contribution >= 4 is 47.4 Å². The van der Waals surface area contributed by atoms with Crippen molar-refractivity contribution in [2.75, 3.05) is 65.4 Å². The molecule has 0 saturated carbocycles. The second-order valence-corrected chi connectivity index (χ2v) is 7.87. The van der Waals surface area contributed by atoms with Crippen molar-refractivity contribution < 1.29 is 4.74 Å². The Morgan fingerprint density at radius 3 is 2.58 bits per heavy atom. The van der Waals surface area contributed by atoms with E-state index < -0.39 is 0 Å². The molecule has 0 radical (unpaired) electrons. The molecule has 31 heavy (non-hydrogen) atoms. The molecule has 1 aromatic heterocycles. The van der Waals surface area contributed by atoms with Gasteiger partial charge in [0.2, 0.25) is 0 Å². The van der Waals surface area contributed by atoms with E-state index in [1.807, 2.05) is 43.6 Å². The zero-order valence-corrected chi connectivity index (χ0v) is 21.5. The molecule has 170 valence electrons. The largest absolute Gasteiger partial charge is 0.492 e. The molecule has 3 rings (SSSR count). The first-order valence-electron chi connectivity index (χ1n) is 10.2. The zero-order valence-electron chi connectivity index (χ0n) is 18.4. The summed E-state index contributed by atoms with van der Waals surface area (Å²) in [6, 6.07) is 11.6. The number of halogens is 2. The van der Waals surface area contributed by atoms with Crippen LogP contribution in [0.3, 0.4) is 0 Å². The van der Waals surface area contributed by atoms with Gasteiger partial charge in [-0.3, -0.25) is 4.99 Å². The summed E-state index contributed by atoms with van der Waals surface area (Å²) < 4.78 is 5.78. The van der Waals surface area contributed by atoms with E-state index in [0.29, 0.717) is 24.7 Å². The Balaban J connectivity index is 0.00000341. The Kier molecular flexibility index (Phi) is 10.6. The number of aromatic nitrogens is 1. The van der Waals surface area contributed by atoms with Gasteiger partial charge in [0.25, 0.3) is 0 Å². The highest BCUT2D eigenvalue weighted by Gasteiger charge is 2.15. The van der Waals surface area contributed by atoms with Crippen LogP contribution in [0.5, 0.6) is 5.75 Å². The third-order valence-corrected chi connectivity index (χ3v) is 5.42. The average Bonchev–Trinajstić information content (AvgIpc) is 2.76. The van der Waals surface area contributed by atoms with E-state index in [1.165, 1.54) is 5.56 Å². The third kappa shape index (κ3) is 8.01. The number of rotatable bonds is 7. The van der Waals surface area contributed by atoms with Crippen LogP contribution >= 0.6 is 35.6 Å². The number of pyridine rings is 1. The van der Waals surface area contributed by atoms with Gasteiger partial charge in [-0.2, -0.15) is 0 Å². The first-order valence-corrected chi connectivity index (χ1v) is 10.6. The van der Waals surface area contributed by atoms with E-state index in [-0.39, 0.29) is 24.0 Å². The molecule has 0 amide bonds. The molecule has 0 bridgehead atoms. The van der Waals surface area contributed by atoms with Gasteiger partial charge in [-0.15, -0.1) is 24.0 Å². The first-order chi connectivity index (χ1) is 14.5. The Morgan fingerprint density at radius 1 is 1.19 bits per heavy atom. The van der Waals surface area contributed by atoms with Gasteiger partial charge >= 0.3 is 0 Å². The standard InChI is InChI=1S/C22H31ClN6O.HI/c1-24-22(28(3)14-15-30-20-6-4-19(23)5-7-20)26-17-18-8-9-25-21(16-18)29-12-10-27(2)11-13-29;/h4-9,16H,10-15,17H2,1-3H3,(H,24,26);1H. The maximum absolute atomic E-state index is 5.91. The number of hydrogen-bond donors (Lipinski definition) is 1. The number of piperazine rings is 1. The van der Waals surface area contributed by atoms with E-state index in [0.717, 1.165) is 43.7 Å². The lowest BCUT2D eigenvalue weighted by Crippen LogP contribution is -2.44. The number of nitrogens with zero attached hydrogens (tertiary/aromatic N) is 5. The second-order valence-electron chi connectivity index (χ2n) is 7.44. The Labute approximate surface area is 207 Å². The third-order valence-electron chi connectivity index (χ3n) is 5.17. The van der Waals surface area contributed by atoms with Crippen LogP contribution < -0.4 is 15.0 Å². The molecule has 1 fully saturated rings. The van der Waals surface area contributed by atoms with Crippen LogP contribution in [0.25, 0.3) is 0 Å². The van der Waals surface area contributed by atoms with Crippen LogP contribution in [0.15, 0.2) is 47.6 Å². The van der Waals surface area contributed by atoms with Gasteiger partial charge in [-0.05, 0) is 49.0 Å². The van der Waals surface area contributed by atoms with E-state index in [1.54, 1.807) is 7.05 Å². The van der Waals surface area contributed by atoms with Gasteiger partial charge in [0.15, 0.2) is 5.96 Å². The maximum Gasteiger partial charge on any atom is 0.193 e. The van der Waals surface area contributed by atoms with Crippen molar-refractivity contribution in [2.24, 2.45) is 4.99 Å². The fraction of sp³-hybridized carbons (Fsp3) is 0.455. The molecule has 1 aromatic carbocycles. The topological polar surface area (TPSA) is 56.2 Å². The molecule has 7 nitrogen and oxygen atoms in total. The minimum absolute atomic E-state index is 0. The van der Waals surface area contributed by atoms with Crippen molar-refractivity contribution in [3.05, 3.63) is 53.2 Å². The summed E-state index contributed by atoms with van der Waals surface area (Å²) in [4.78, 5) is 15.7. The summed E-state index contributed by atoms with van der Waals surface area (Å²) in [5, 5.41) is 4.13. The highest BCUT2D eigenvalue weighted by Crippen LogP contribution is 2.16. The van der Waals surface area contributed by atoms with E-state index >= 15 is 0 Å². The highest BCUT2D eigenvalue weighted by molar-refractivity contribution is 14.0. The zero-order chi connectivity index (χ0) is 21.3. The van der Waals surface area contributed by atoms with Gasteiger partial charge < -0.3 is 24.8 Å². The molecular weight excluding hydrogens is 527 g/mol. The van der Waals surface area contributed by atoms with Crippen LogP contribution in [0.4, 0.5) is 5.82 Å². The van der Waals surface area contributed by atoms with Crippen LogP contribution in [0.1, 0.15) is 5.56 Å². The van der Waals surface area contributed by atoms with Gasteiger partial charge in [-0.1, -0.05) is 11.6 Å². The number of nitrogens with one attached hydrogen (secondary N) is 1.